The first-order valence-corrected chi connectivity index (χ1v) is 5.48. The van der Waals surface area contributed by atoms with E-state index in [9.17, 15) is 4.79 Å². The predicted octanol–water partition coefficient (Wildman–Crippen LogP) is 1.85. The van der Waals surface area contributed by atoms with Crippen molar-refractivity contribution in [1.29, 1.82) is 0 Å². The summed E-state index contributed by atoms with van der Waals surface area (Å²) in [6.45, 7) is 6.62. The molecule has 1 aromatic carbocycles. The molecule has 3 N–H and O–H groups in total. The van der Waals surface area contributed by atoms with Crippen LogP contribution in [0.3, 0.4) is 0 Å². The number of hydrogen-bond donors (Lipinski definition) is 2. The Kier molecular flexibility index (Phi) is 4.07. The van der Waals surface area contributed by atoms with Gasteiger partial charge in [0.1, 0.15) is 0 Å². The van der Waals surface area contributed by atoms with Gasteiger partial charge in [0.15, 0.2) is 0 Å². The predicted molar refractivity (Wildman–Crippen MR) is 65.8 cm³/mol. The van der Waals surface area contributed by atoms with E-state index in [1.165, 1.54) is 5.56 Å². The monoisotopic (exact) mass is 220 g/mol. The first kappa shape index (κ1) is 12.7. The van der Waals surface area contributed by atoms with Crippen LogP contribution in [0.5, 0.6) is 0 Å². The number of amides is 1. The van der Waals surface area contributed by atoms with E-state index in [2.05, 4.69) is 38.2 Å². The Hall–Kier alpha value is -1.35. The molecular weight excluding hydrogens is 200 g/mol. The molecular formula is C13H20N2O. The summed E-state index contributed by atoms with van der Waals surface area (Å²) in [6.07, 6.45) is 0. The van der Waals surface area contributed by atoms with Gasteiger partial charge < -0.3 is 11.1 Å². The van der Waals surface area contributed by atoms with Gasteiger partial charge in [-0.2, -0.15) is 0 Å². The highest BCUT2D eigenvalue weighted by Crippen LogP contribution is 2.32. The average molecular weight is 220 g/mol. The number of benzene rings is 1. The Morgan fingerprint density at radius 3 is 2.31 bits per heavy atom. The van der Waals surface area contributed by atoms with Crippen molar-refractivity contribution in [3.63, 3.8) is 0 Å². The number of nitrogens with one attached hydrogen (secondary N) is 1. The largest absolute Gasteiger partial charge is 0.369 e. The maximum absolute atomic E-state index is 10.8. The molecule has 3 nitrogen and oxygen atoms in total. The number of carbonyl (C=O) groups excluding carboxylic acids is 1. The molecule has 1 unspecified atom stereocenters. The molecule has 0 aliphatic carbocycles. The van der Waals surface area contributed by atoms with Gasteiger partial charge in [-0.1, -0.05) is 51.1 Å². The van der Waals surface area contributed by atoms with E-state index in [0.29, 0.717) is 0 Å². The molecule has 0 bridgehead atoms. The highest BCUT2D eigenvalue weighted by atomic mass is 16.1. The Morgan fingerprint density at radius 2 is 1.88 bits per heavy atom. The maximum Gasteiger partial charge on any atom is 0.231 e. The minimum absolute atomic E-state index is 0.0385. The first-order chi connectivity index (χ1) is 7.41. The zero-order valence-corrected chi connectivity index (χ0v) is 10.2. The second kappa shape index (κ2) is 5.12. The second-order valence-electron chi connectivity index (χ2n) is 5.06. The molecule has 0 aliphatic rings. The number of primary amides is 1. The standard InChI is InChI=1S/C13H20N2O/c1-13(2,3)12(15-9-11(14)16)10-7-5-4-6-8-10/h4-8,12,15H,9H2,1-3H3,(H2,14,16). The molecule has 1 rings (SSSR count). The van der Waals surface area contributed by atoms with Crippen LogP contribution in [-0.2, 0) is 4.79 Å². The van der Waals surface area contributed by atoms with E-state index >= 15 is 0 Å². The number of hydrogen-bond acceptors (Lipinski definition) is 2. The number of nitrogens with two attached hydrogens (primary N) is 1. The van der Waals surface area contributed by atoms with Crippen LogP contribution in [0.15, 0.2) is 30.3 Å². The number of rotatable bonds is 4. The fourth-order valence-corrected chi connectivity index (χ4v) is 1.77. The SMILES string of the molecule is CC(C)(C)C(NCC(N)=O)c1ccccc1. The van der Waals surface area contributed by atoms with Gasteiger partial charge in [0, 0.05) is 6.04 Å². The third kappa shape index (κ3) is 3.66. The third-order valence-corrected chi connectivity index (χ3v) is 2.48. The first-order valence-electron chi connectivity index (χ1n) is 5.48. The van der Waals surface area contributed by atoms with Crippen molar-refractivity contribution in [1.82, 2.24) is 5.32 Å². The fraction of sp³-hybridized carbons (Fsp3) is 0.462. The van der Waals surface area contributed by atoms with Crippen LogP contribution < -0.4 is 11.1 Å². The Bertz CT molecular complexity index is 341. The van der Waals surface area contributed by atoms with Crippen LogP contribution in [0.2, 0.25) is 0 Å². The third-order valence-electron chi connectivity index (χ3n) is 2.48. The molecule has 0 aliphatic heterocycles. The summed E-state index contributed by atoms with van der Waals surface area (Å²) in [5, 5.41) is 3.20. The molecule has 0 spiro atoms. The lowest BCUT2D eigenvalue weighted by Crippen LogP contribution is -2.37. The van der Waals surface area contributed by atoms with Gasteiger partial charge in [-0.25, -0.2) is 0 Å². The molecule has 0 saturated heterocycles. The summed E-state index contributed by atoms with van der Waals surface area (Å²) >= 11 is 0. The van der Waals surface area contributed by atoms with Crippen molar-refractivity contribution in [3.05, 3.63) is 35.9 Å². The molecule has 3 heteroatoms. The summed E-state index contributed by atoms with van der Waals surface area (Å²) in [7, 11) is 0. The lowest BCUT2D eigenvalue weighted by atomic mass is 9.82. The van der Waals surface area contributed by atoms with E-state index in [0.717, 1.165) is 0 Å². The summed E-state index contributed by atoms with van der Waals surface area (Å²) in [6, 6.07) is 10.2. The van der Waals surface area contributed by atoms with Crippen molar-refractivity contribution < 1.29 is 4.79 Å². The maximum atomic E-state index is 10.8. The van der Waals surface area contributed by atoms with Crippen molar-refractivity contribution in [2.45, 2.75) is 26.8 Å². The molecule has 0 aromatic heterocycles. The Labute approximate surface area is 97.0 Å². The molecule has 1 aromatic rings. The van der Waals surface area contributed by atoms with Crippen LogP contribution in [0, 0.1) is 5.41 Å². The van der Waals surface area contributed by atoms with Gasteiger partial charge in [-0.05, 0) is 11.0 Å². The van der Waals surface area contributed by atoms with Crippen LogP contribution >= 0.6 is 0 Å². The average Bonchev–Trinajstić information content (AvgIpc) is 2.17. The number of carbonyl (C=O) groups is 1. The van der Waals surface area contributed by atoms with Crippen molar-refractivity contribution in [2.24, 2.45) is 11.1 Å². The Balaban J connectivity index is 2.84. The van der Waals surface area contributed by atoms with Crippen molar-refractivity contribution >= 4 is 5.91 Å². The van der Waals surface area contributed by atoms with E-state index in [4.69, 9.17) is 5.73 Å². The normalized spacial score (nSPS) is 13.4. The summed E-state index contributed by atoms with van der Waals surface area (Å²) in [5.41, 5.74) is 6.38. The van der Waals surface area contributed by atoms with E-state index in [1.807, 2.05) is 18.2 Å². The van der Waals surface area contributed by atoms with Gasteiger partial charge in [-0.3, -0.25) is 4.79 Å². The lowest BCUT2D eigenvalue weighted by molar-refractivity contribution is -0.117. The van der Waals surface area contributed by atoms with Crippen LogP contribution in [0.1, 0.15) is 32.4 Å². The smallest absolute Gasteiger partial charge is 0.231 e. The van der Waals surface area contributed by atoms with E-state index in [1.54, 1.807) is 0 Å². The highest BCUT2D eigenvalue weighted by molar-refractivity contribution is 5.75. The van der Waals surface area contributed by atoms with Gasteiger partial charge >= 0.3 is 0 Å². The molecule has 0 saturated carbocycles. The zero-order chi connectivity index (χ0) is 12.2. The second-order valence-corrected chi connectivity index (χ2v) is 5.06. The molecule has 1 amide bonds. The Morgan fingerprint density at radius 1 is 1.31 bits per heavy atom. The summed E-state index contributed by atoms with van der Waals surface area (Å²) in [5.74, 6) is -0.329. The zero-order valence-electron chi connectivity index (χ0n) is 10.2. The highest BCUT2D eigenvalue weighted by Gasteiger charge is 2.25. The van der Waals surface area contributed by atoms with Crippen molar-refractivity contribution in [3.8, 4) is 0 Å². The minimum Gasteiger partial charge on any atom is -0.369 e. The molecule has 0 heterocycles. The van der Waals surface area contributed by atoms with Gasteiger partial charge in [0.05, 0.1) is 6.54 Å². The van der Waals surface area contributed by atoms with Crippen molar-refractivity contribution in [2.75, 3.05) is 6.54 Å². The molecule has 16 heavy (non-hydrogen) atoms. The summed E-state index contributed by atoms with van der Waals surface area (Å²) < 4.78 is 0. The lowest BCUT2D eigenvalue weighted by Gasteiger charge is -2.31. The van der Waals surface area contributed by atoms with Crippen LogP contribution in [0.25, 0.3) is 0 Å². The quantitative estimate of drug-likeness (QED) is 0.813. The van der Waals surface area contributed by atoms with Crippen LogP contribution in [0.4, 0.5) is 0 Å². The van der Waals surface area contributed by atoms with Gasteiger partial charge in [0.2, 0.25) is 5.91 Å². The van der Waals surface area contributed by atoms with Gasteiger partial charge in [0.25, 0.3) is 0 Å². The van der Waals surface area contributed by atoms with E-state index < -0.39 is 0 Å². The van der Waals surface area contributed by atoms with E-state index in [-0.39, 0.29) is 23.9 Å². The topological polar surface area (TPSA) is 55.1 Å². The fourth-order valence-electron chi connectivity index (χ4n) is 1.77. The molecule has 1 atom stereocenters. The molecule has 0 fully saturated rings. The summed E-state index contributed by atoms with van der Waals surface area (Å²) in [4.78, 5) is 10.8. The van der Waals surface area contributed by atoms with Gasteiger partial charge in [-0.15, -0.1) is 0 Å². The molecule has 0 radical (unpaired) electrons. The van der Waals surface area contributed by atoms with Crippen LogP contribution in [-0.4, -0.2) is 12.5 Å². The molecule has 88 valence electrons. The minimum atomic E-state index is -0.329.